The molecule has 2 unspecified atom stereocenters. The van der Waals surface area contributed by atoms with Gasteiger partial charge in [-0.15, -0.1) is 0 Å². The second-order valence-electron chi connectivity index (χ2n) is 6.57. The number of nitrogens with one attached hydrogen (secondary N) is 2. The van der Waals surface area contributed by atoms with Crippen LogP contribution in [0, 0.1) is 12.8 Å². The minimum Gasteiger partial charge on any atom is -0.466 e. The number of anilines is 1. The third kappa shape index (κ3) is 3.85. The number of rotatable bonds is 5. The maximum atomic E-state index is 13.0. The Morgan fingerprint density at radius 2 is 2.00 bits per heavy atom. The first kappa shape index (κ1) is 19.1. The van der Waals surface area contributed by atoms with Crippen LogP contribution in [-0.2, 0) is 19.6 Å². The molecule has 3 rings (SSSR count). The summed E-state index contributed by atoms with van der Waals surface area (Å²) in [5.41, 5.74) is 7.80. The number of hydrogen-bond donors (Lipinski definition) is 2. The van der Waals surface area contributed by atoms with Gasteiger partial charge in [0.25, 0.3) is 0 Å². The van der Waals surface area contributed by atoms with Gasteiger partial charge in [-0.05, 0) is 31.5 Å². The van der Waals surface area contributed by atoms with E-state index in [1.54, 1.807) is 6.92 Å². The van der Waals surface area contributed by atoms with Crippen LogP contribution in [0.5, 0.6) is 0 Å². The number of carbonyl (C=O) groups is 1. The molecule has 2 fully saturated rings. The van der Waals surface area contributed by atoms with Gasteiger partial charge in [-0.2, -0.15) is 4.31 Å². The number of benzene rings is 1. The Hall–Kier alpha value is -1.68. The van der Waals surface area contributed by atoms with Crippen LogP contribution in [0.25, 0.3) is 0 Å². The molecule has 2 N–H and O–H groups in total. The molecule has 2 heterocycles. The standard InChI is InChI=1S/C17H26N4O4S/c1-3-25-17(22)15-12-18-19-16(15)26(23,24)21-9-7-20(8-10-21)14-6-4-5-13(2)11-14/h4-6,11,15-16,18-19H,3,7-10,12H2,1-2H3. The van der Waals surface area contributed by atoms with E-state index in [4.69, 9.17) is 4.74 Å². The van der Waals surface area contributed by atoms with Crippen molar-refractivity contribution in [1.29, 1.82) is 0 Å². The molecular weight excluding hydrogens is 356 g/mol. The van der Waals surface area contributed by atoms with E-state index < -0.39 is 27.3 Å². The Labute approximate surface area is 154 Å². The van der Waals surface area contributed by atoms with E-state index in [9.17, 15) is 13.2 Å². The Kier molecular flexibility index (Phi) is 5.81. The average Bonchev–Trinajstić information content (AvgIpc) is 3.13. The molecule has 0 aliphatic carbocycles. The molecule has 9 heteroatoms. The third-order valence-corrected chi connectivity index (χ3v) is 6.98. The SMILES string of the molecule is CCOC(=O)C1CNNC1S(=O)(=O)N1CCN(c2cccc(C)c2)CC1. The number of nitrogens with zero attached hydrogens (tertiary/aromatic N) is 2. The van der Waals surface area contributed by atoms with Crippen molar-refractivity contribution >= 4 is 21.7 Å². The van der Waals surface area contributed by atoms with Crippen LogP contribution >= 0.6 is 0 Å². The molecule has 1 aromatic rings. The Morgan fingerprint density at radius 3 is 2.65 bits per heavy atom. The highest BCUT2D eigenvalue weighted by Crippen LogP contribution is 2.23. The molecule has 26 heavy (non-hydrogen) atoms. The van der Waals surface area contributed by atoms with E-state index >= 15 is 0 Å². The molecule has 0 aromatic heterocycles. The monoisotopic (exact) mass is 382 g/mol. The molecule has 2 aliphatic heterocycles. The number of hydrogen-bond acceptors (Lipinski definition) is 7. The summed E-state index contributed by atoms with van der Waals surface area (Å²) in [6.45, 7) is 6.25. The van der Waals surface area contributed by atoms with Gasteiger partial charge < -0.3 is 9.64 Å². The van der Waals surface area contributed by atoms with Crippen molar-refractivity contribution in [3.05, 3.63) is 29.8 Å². The van der Waals surface area contributed by atoms with Gasteiger partial charge in [-0.1, -0.05) is 12.1 Å². The van der Waals surface area contributed by atoms with E-state index in [-0.39, 0.29) is 13.2 Å². The second-order valence-corrected chi connectivity index (χ2v) is 8.63. The lowest BCUT2D eigenvalue weighted by Crippen LogP contribution is -2.55. The molecule has 0 bridgehead atoms. The summed E-state index contributed by atoms with van der Waals surface area (Å²) in [6.07, 6.45) is 0. The maximum Gasteiger partial charge on any atom is 0.313 e. The molecular formula is C17H26N4O4S. The maximum absolute atomic E-state index is 13.0. The zero-order chi connectivity index (χ0) is 18.7. The van der Waals surface area contributed by atoms with E-state index in [1.165, 1.54) is 9.87 Å². The van der Waals surface area contributed by atoms with E-state index in [2.05, 4.69) is 21.8 Å². The van der Waals surface area contributed by atoms with Gasteiger partial charge >= 0.3 is 5.97 Å². The van der Waals surface area contributed by atoms with Gasteiger partial charge in [0.1, 0.15) is 5.92 Å². The van der Waals surface area contributed by atoms with Crippen molar-refractivity contribution in [1.82, 2.24) is 15.2 Å². The van der Waals surface area contributed by atoms with Gasteiger partial charge in [0.05, 0.1) is 6.61 Å². The summed E-state index contributed by atoms with van der Waals surface area (Å²) in [6, 6.07) is 8.18. The molecule has 8 nitrogen and oxygen atoms in total. The van der Waals surface area contributed by atoms with Gasteiger partial charge in [-0.3, -0.25) is 10.2 Å². The summed E-state index contributed by atoms with van der Waals surface area (Å²) in [5, 5.41) is -0.993. The fraction of sp³-hybridized carbons (Fsp3) is 0.588. The molecule has 0 radical (unpaired) electrons. The molecule has 2 atom stereocenters. The quantitative estimate of drug-likeness (QED) is 0.696. The zero-order valence-corrected chi connectivity index (χ0v) is 16.0. The van der Waals surface area contributed by atoms with Crippen LogP contribution in [-0.4, -0.2) is 63.4 Å². The van der Waals surface area contributed by atoms with Crippen LogP contribution in [0.4, 0.5) is 5.69 Å². The third-order valence-electron chi connectivity index (χ3n) is 4.81. The Balaban J connectivity index is 1.67. The lowest BCUT2D eigenvalue weighted by atomic mass is 10.2. The van der Waals surface area contributed by atoms with Crippen molar-refractivity contribution in [3.8, 4) is 0 Å². The molecule has 0 amide bonds. The van der Waals surface area contributed by atoms with Crippen molar-refractivity contribution < 1.29 is 17.9 Å². The van der Waals surface area contributed by atoms with Crippen molar-refractivity contribution in [3.63, 3.8) is 0 Å². The number of esters is 1. The highest BCUT2D eigenvalue weighted by Gasteiger charge is 2.45. The summed E-state index contributed by atoms with van der Waals surface area (Å²) in [4.78, 5) is 14.2. The first-order valence-electron chi connectivity index (χ1n) is 8.89. The summed E-state index contributed by atoms with van der Waals surface area (Å²) in [7, 11) is -3.66. The van der Waals surface area contributed by atoms with Crippen molar-refractivity contribution in [2.75, 3.05) is 44.2 Å². The second kappa shape index (κ2) is 7.91. The van der Waals surface area contributed by atoms with E-state index in [0.717, 1.165) is 5.69 Å². The highest BCUT2D eigenvalue weighted by atomic mass is 32.2. The lowest BCUT2D eigenvalue weighted by molar-refractivity contribution is -0.147. The highest BCUT2D eigenvalue weighted by molar-refractivity contribution is 7.89. The number of sulfonamides is 1. The van der Waals surface area contributed by atoms with Gasteiger partial charge in [0.2, 0.25) is 10.0 Å². The van der Waals surface area contributed by atoms with Crippen LogP contribution in [0.1, 0.15) is 12.5 Å². The summed E-state index contributed by atoms with van der Waals surface area (Å²) in [5.74, 6) is -1.23. The molecule has 2 saturated heterocycles. The van der Waals surface area contributed by atoms with Gasteiger partial charge in [0.15, 0.2) is 5.37 Å². The largest absolute Gasteiger partial charge is 0.466 e. The topological polar surface area (TPSA) is 91.0 Å². The van der Waals surface area contributed by atoms with Crippen LogP contribution in [0.2, 0.25) is 0 Å². The average molecular weight is 382 g/mol. The van der Waals surface area contributed by atoms with Gasteiger partial charge in [0, 0.05) is 38.4 Å². The number of piperazine rings is 1. The number of carbonyl (C=O) groups excluding carboxylic acids is 1. The first-order valence-corrected chi connectivity index (χ1v) is 10.4. The van der Waals surface area contributed by atoms with E-state index in [1.807, 2.05) is 25.1 Å². The molecule has 144 valence electrons. The van der Waals surface area contributed by atoms with Crippen molar-refractivity contribution in [2.24, 2.45) is 5.92 Å². The van der Waals surface area contributed by atoms with Crippen LogP contribution in [0.15, 0.2) is 24.3 Å². The fourth-order valence-electron chi connectivity index (χ4n) is 3.40. The van der Waals surface area contributed by atoms with Crippen molar-refractivity contribution in [2.45, 2.75) is 19.2 Å². The van der Waals surface area contributed by atoms with Crippen LogP contribution in [0.3, 0.4) is 0 Å². The lowest BCUT2D eigenvalue weighted by Gasteiger charge is -2.37. The number of aryl methyl sites for hydroxylation is 1. The molecule has 0 saturated carbocycles. The van der Waals surface area contributed by atoms with Crippen LogP contribution < -0.4 is 15.8 Å². The first-order chi connectivity index (χ1) is 12.4. The minimum absolute atomic E-state index is 0.233. The molecule has 0 spiro atoms. The number of ether oxygens (including phenoxy) is 1. The minimum atomic E-state index is -3.66. The predicted octanol–water partition coefficient (Wildman–Crippen LogP) is 0.0600. The smallest absolute Gasteiger partial charge is 0.313 e. The van der Waals surface area contributed by atoms with Gasteiger partial charge in [-0.25, -0.2) is 13.8 Å². The van der Waals surface area contributed by atoms with E-state index in [0.29, 0.717) is 26.2 Å². The zero-order valence-electron chi connectivity index (χ0n) is 15.1. The molecule has 1 aromatic carbocycles. The summed E-state index contributed by atoms with van der Waals surface area (Å²) >= 11 is 0. The predicted molar refractivity (Wildman–Crippen MR) is 98.9 cm³/mol. The fourth-order valence-corrected chi connectivity index (χ4v) is 5.25. The number of hydrazine groups is 1. The Morgan fingerprint density at radius 1 is 1.27 bits per heavy atom. The molecule has 2 aliphatic rings. The Bertz CT molecular complexity index is 747. The normalized spacial score (nSPS) is 24.6. The summed E-state index contributed by atoms with van der Waals surface area (Å²) < 4.78 is 32.5.